The maximum Gasteiger partial charge on any atom is 0.187 e. The predicted octanol–water partition coefficient (Wildman–Crippen LogP) is 4.01. The number of rotatable bonds is 2. The van der Waals surface area contributed by atoms with Crippen LogP contribution in [0.15, 0.2) is 54.6 Å². The molecule has 0 saturated carbocycles. The summed E-state index contributed by atoms with van der Waals surface area (Å²) in [6, 6.07) is 17.7. The summed E-state index contributed by atoms with van der Waals surface area (Å²) in [5.41, 5.74) is 2.89. The Morgan fingerprint density at radius 1 is 0.875 bits per heavy atom. The summed E-state index contributed by atoms with van der Waals surface area (Å²) in [6.45, 7) is 6.90. The number of benzene rings is 2. The standard InChI is InChI=1S/C14H12N2/c1-15-12-8-10-14(11-9-12)16(2)13-6-4-3-5-7-13/h3-11H,2H3. The van der Waals surface area contributed by atoms with Crippen LogP contribution in [0.25, 0.3) is 4.85 Å². The summed E-state index contributed by atoms with van der Waals surface area (Å²) >= 11 is 0. The molecule has 0 unspecified atom stereocenters. The minimum absolute atomic E-state index is 0.671. The van der Waals surface area contributed by atoms with Crippen molar-refractivity contribution in [2.45, 2.75) is 0 Å². The molecule has 0 atom stereocenters. The molecular formula is C14H12N2. The van der Waals surface area contributed by atoms with E-state index in [4.69, 9.17) is 6.57 Å². The van der Waals surface area contributed by atoms with Crippen molar-refractivity contribution < 1.29 is 0 Å². The highest BCUT2D eigenvalue weighted by molar-refractivity contribution is 5.64. The third-order valence-electron chi connectivity index (χ3n) is 2.51. The minimum atomic E-state index is 0.671. The number of hydrogen-bond acceptors (Lipinski definition) is 1. The first kappa shape index (κ1) is 10.3. The van der Waals surface area contributed by atoms with E-state index in [-0.39, 0.29) is 0 Å². The first-order valence-electron chi connectivity index (χ1n) is 5.07. The van der Waals surface area contributed by atoms with E-state index in [1.165, 1.54) is 0 Å². The lowest BCUT2D eigenvalue weighted by Gasteiger charge is -2.19. The fraction of sp³-hybridized carbons (Fsp3) is 0.0714. The average Bonchev–Trinajstić information content (AvgIpc) is 2.39. The van der Waals surface area contributed by atoms with Crippen LogP contribution in [0.3, 0.4) is 0 Å². The highest BCUT2D eigenvalue weighted by Crippen LogP contribution is 2.25. The Labute approximate surface area is 95.6 Å². The molecule has 2 heteroatoms. The van der Waals surface area contributed by atoms with Gasteiger partial charge in [0.1, 0.15) is 0 Å². The Morgan fingerprint density at radius 2 is 1.44 bits per heavy atom. The Morgan fingerprint density at radius 3 is 2.00 bits per heavy atom. The van der Waals surface area contributed by atoms with Crippen molar-refractivity contribution in [2.24, 2.45) is 0 Å². The monoisotopic (exact) mass is 208 g/mol. The molecule has 78 valence electrons. The summed E-state index contributed by atoms with van der Waals surface area (Å²) < 4.78 is 0. The molecule has 0 N–H and O–H groups in total. The van der Waals surface area contributed by atoms with Crippen LogP contribution in [-0.2, 0) is 0 Å². The lowest BCUT2D eigenvalue weighted by Crippen LogP contribution is -2.08. The van der Waals surface area contributed by atoms with Gasteiger partial charge in [0, 0.05) is 18.4 Å². The molecule has 0 aromatic heterocycles. The highest BCUT2D eigenvalue weighted by atomic mass is 15.1. The van der Waals surface area contributed by atoms with Gasteiger partial charge in [-0.05, 0) is 24.3 Å². The molecule has 16 heavy (non-hydrogen) atoms. The van der Waals surface area contributed by atoms with E-state index in [0.717, 1.165) is 11.4 Å². The Kier molecular flexibility index (Phi) is 2.88. The normalized spacial score (nSPS) is 9.50. The van der Waals surface area contributed by atoms with Gasteiger partial charge in [0.05, 0.1) is 6.57 Å². The fourth-order valence-corrected chi connectivity index (χ4v) is 1.55. The van der Waals surface area contributed by atoms with Crippen LogP contribution in [-0.4, -0.2) is 7.05 Å². The average molecular weight is 208 g/mol. The molecule has 0 fully saturated rings. The van der Waals surface area contributed by atoms with Gasteiger partial charge in [0.15, 0.2) is 5.69 Å². The van der Waals surface area contributed by atoms with Crippen molar-refractivity contribution in [3.05, 3.63) is 66.0 Å². The molecule has 0 bridgehead atoms. The van der Waals surface area contributed by atoms with Crippen molar-refractivity contribution in [3.8, 4) is 0 Å². The van der Waals surface area contributed by atoms with E-state index in [9.17, 15) is 0 Å². The molecular weight excluding hydrogens is 196 g/mol. The van der Waals surface area contributed by atoms with Gasteiger partial charge < -0.3 is 4.90 Å². The molecule has 2 aromatic rings. The van der Waals surface area contributed by atoms with Gasteiger partial charge in [0.2, 0.25) is 0 Å². The summed E-state index contributed by atoms with van der Waals surface area (Å²) in [7, 11) is 2.02. The third-order valence-corrected chi connectivity index (χ3v) is 2.51. The molecule has 2 rings (SSSR count). The van der Waals surface area contributed by atoms with Crippen LogP contribution < -0.4 is 4.90 Å². The van der Waals surface area contributed by atoms with E-state index in [2.05, 4.69) is 21.9 Å². The Hall–Kier alpha value is -2.27. The van der Waals surface area contributed by atoms with Crippen LogP contribution in [0.4, 0.5) is 17.1 Å². The van der Waals surface area contributed by atoms with Crippen LogP contribution in [0.2, 0.25) is 0 Å². The number of anilines is 2. The van der Waals surface area contributed by atoms with Crippen molar-refractivity contribution in [2.75, 3.05) is 11.9 Å². The molecule has 0 saturated heterocycles. The predicted molar refractivity (Wildman–Crippen MR) is 67.2 cm³/mol. The molecule has 0 radical (unpaired) electrons. The van der Waals surface area contributed by atoms with Crippen LogP contribution >= 0.6 is 0 Å². The molecule has 2 nitrogen and oxygen atoms in total. The van der Waals surface area contributed by atoms with Crippen LogP contribution in [0, 0.1) is 6.57 Å². The lowest BCUT2D eigenvalue weighted by molar-refractivity contribution is 1.21. The zero-order valence-corrected chi connectivity index (χ0v) is 9.09. The molecule has 0 spiro atoms. The zero-order chi connectivity index (χ0) is 11.4. The second kappa shape index (κ2) is 4.50. The SMILES string of the molecule is [C-]#[N+]c1ccc(N(C)c2ccccc2)cc1. The summed E-state index contributed by atoms with van der Waals surface area (Å²) in [5, 5.41) is 0. The Balaban J connectivity index is 2.28. The van der Waals surface area contributed by atoms with Gasteiger partial charge in [-0.25, -0.2) is 4.85 Å². The second-order valence-electron chi connectivity index (χ2n) is 3.52. The van der Waals surface area contributed by atoms with Crippen molar-refractivity contribution in [1.82, 2.24) is 0 Å². The minimum Gasteiger partial charge on any atom is -0.345 e. The summed E-state index contributed by atoms with van der Waals surface area (Å²) in [4.78, 5) is 5.47. The van der Waals surface area contributed by atoms with E-state index in [1.807, 2.05) is 49.5 Å². The summed E-state index contributed by atoms with van der Waals surface area (Å²) in [5.74, 6) is 0. The van der Waals surface area contributed by atoms with Gasteiger partial charge in [-0.1, -0.05) is 30.3 Å². The molecule has 0 aliphatic rings. The number of para-hydroxylation sites is 1. The highest BCUT2D eigenvalue weighted by Gasteiger charge is 2.02. The zero-order valence-electron chi connectivity index (χ0n) is 9.09. The number of hydrogen-bond donors (Lipinski definition) is 0. The van der Waals surface area contributed by atoms with Gasteiger partial charge in [-0.2, -0.15) is 0 Å². The molecule has 0 heterocycles. The topological polar surface area (TPSA) is 7.60 Å². The smallest absolute Gasteiger partial charge is 0.187 e. The quantitative estimate of drug-likeness (QED) is 0.677. The van der Waals surface area contributed by atoms with E-state index in [1.54, 1.807) is 0 Å². The van der Waals surface area contributed by atoms with Crippen molar-refractivity contribution in [3.63, 3.8) is 0 Å². The number of nitrogens with zero attached hydrogens (tertiary/aromatic N) is 2. The first-order chi connectivity index (χ1) is 7.81. The summed E-state index contributed by atoms with van der Waals surface area (Å²) in [6.07, 6.45) is 0. The second-order valence-corrected chi connectivity index (χ2v) is 3.52. The molecule has 0 amide bonds. The van der Waals surface area contributed by atoms with Crippen molar-refractivity contribution in [1.29, 1.82) is 0 Å². The maximum atomic E-state index is 6.90. The van der Waals surface area contributed by atoms with E-state index < -0.39 is 0 Å². The third kappa shape index (κ3) is 2.04. The van der Waals surface area contributed by atoms with Crippen molar-refractivity contribution >= 4 is 17.1 Å². The first-order valence-corrected chi connectivity index (χ1v) is 5.07. The van der Waals surface area contributed by atoms with Gasteiger partial charge >= 0.3 is 0 Å². The van der Waals surface area contributed by atoms with Gasteiger partial charge in [-0.3, -0.25) is 0 Å². The fourth-order valence-electron chi connectivity index (χ4n) is 1.55. The van der Waals surface area contributed by atoms with Crippen LogP contribution in [0.1, 0.15) is 0 Å². The van der Waals surface area contributed by atoms with E-state index >= 15 is 0 Å². The molecule has 0 aliphatic heterocycles. The molecule has 2 aromatic carbocycles. The maximum absolute atomic E-state index is 6.90. The van der Waals surface area contributed by atoms with Crippen LogP contribution in [0.5, 0.6) is 0 Å². The van der Waals surface area contributed by atoms with Gasteiger partial charge in [-0.15, -0.1) is 0 Å². The Bertz CT molecular complexity index is 495. The van der Waals surface area contributed by atoms with Gasteiger partial charge in [0.25, 0.3) is 0 Å². The van der Waals surface area contributed by atoms with E-state index in [0.29, 0.717) is 5.69 Å². The largest absolute Gasteiger partial charge is 0.345 e. The lowest BCUT2D eigenvalue weighted by atomic mass is 10.2. The molecule has 0 aliphatic carbocycles.